The minimum Gasteiger partial charge on any atom is -0.494 e. The van der Waals surface area contributed by atoms with Gasteiger partial charge in [-0.2, -0.15) is 0 Å². The zero-order valence-corrected chi connectivity index (χ0v) is 20.5. The lowest BCUT2D eigenvalue weighted by Crippen LogP contribution is -2.10. The lowest BCUT2D eigenvalue weighted by atomic mass is 9.99. The number of halogens is 1. The maximum absolute atomic E-state index is 13.5. The number of pyridine rings is 1. The fourth-order valence-electron chi connectivity index (χ4n) is 4.99. The molecule has 6 aromatic rings. The van der Waals surface area contributed by atoms with Crippen molar-refractivity contribution in [3.63, 3.8) is 0 Å². The predicted octanol–water partition coefficient (Wildman–Crippen LogP) is 6.74. The van der Waals surface area contributed by atoms with E-state index in [0.717, 1.165) is 22.1 Å². The van der Waals surface area contributed by atoms with Gasteiger partial charge in [0.25, 0.3) is 0 Å². The minimum absolute atomic E-state index is 0.0125. The summed E-state index contributed by atoms with van der Waals surface area (Å²) in [6, 6.07) is 29.7. The van der Waals surface area contributed by atoms with Gasteiger partial charge in [-0.05, 0) is 40.5 Å². The first kappa shape index (κ1) is 23.7. The third-order valence-corrected chi connectivity index (χ3v) is 6.81. The number of benzene rings is 4. The third kappa shape index (κ3) is 4.25. The van der Waals surface area contributed by atoms with Crippen LogP contribution in [-0.4, -0.2) is 19.8 Å². The molecule has 0 fully saturated rings. The molecule has 0 amide bonds. The fraction of sp³-hybridized carbons (Fsp3) is 0.0938. The number of aliphatic hydroxyl groups is 1. The molecular weight excluding hydrogens is 479 g/mol. The highest BCUT2D eigenvalue weighted by molar-refractivity contribution is 6.09. The van der Waals surface area contributed by atoms with E-state index in [2.05, 4.69) is 4.98 Å². The number of aliphatic hydroxyl groups excluding tert-OH is 1. The smallest absolute Gasteiger partial charge is 0.203 e. The maximum atomic E-state index is 13.5. The van der Waals surface area contributed by atoms with Gasteiger partial charge in [-0.1, -0.05) is 78.9 Å². The molecule has 0 aliphatic carbocycles. The Bertz CT molecular complexity index is 1680. The molecule has 188 valence electrons. The standard InChI is InChI=1S/C32H25FN2O3/c33-24-15-13-21(14-16-24)18-35-19-26-27(20-36)25-12-7-17-34-29(25)31(28(26)32(35)37)38-30(22-8-3-1-4-9-22)23-10-5-2-6-11-23/h1-17,19,30,36-37H,18,20H2. The van der Waals surface area contributed by atoms with Crippen molar-refractivity contribution in [3.05, 3.63) is 138 Å². The molecule has 0 bridgehead atoms. The van der Waals surface area contributed by atoms with Gasteiger partial charge >= 0.3 is 0 Å². The molecule has 0 atom stereocenters. The van der Waals surface area contributed by atoms with E-state index in [0.29, 0.717) is 34.1 Å². The van der Waals surface area contributed by atoms with Crippen LogP contribution >= 0.6 is 0 Å². The maximum Gasteiger partial charge on any atom is 0.203 e. The average Bonchev–Trinajstić information content (AvgIpc) is 3.28. The Morgan fingerprint density at radius 3 is 2.11 bits per heavy atom. The van der Waals surface area contributed by atoms with E-state index in [4.69, 9.17) is 4.74 Å². The predicted molar refractivity (Wildman–Crippen MR) is 146 cm³/mol. The molecule has 2 heterocycles. The number of fused-ring (bicyclic) bond motifs is 2. The fourth-order valence-corrected chi connectivity index (χ4v) is 4.99. The van der Waals surface area contributed by atoms with Crippen LogP contribution in [0.15, 0.2) is 109 Å². The zero-order valence-electron chi connectivity index (χ0n) is 20.5. The molecule has 0 spiro atoms. The summed E-state index contributed by atoms with van der Waals surface area (Å²) in [5.41, 5.74) is 3.93. The molecule has 6 heteroatoms. The largest absolute Gasteiger partial charge is 0.494 e. The molecule has 0 aliphatic heterocycles. The van der Waals surface area contributed by atoms with Gasteiger partial charge in [-0.3, -0.25) is 4.98 Å². The van der Waals surface area contributed by atoms with Crippen molar-refractivity contribution in [2.45, 2.75) is 19.3 Å². The van der Waals surface area contributed by atoms with Gasteiger partial charge in [0, 0.05) is 23.2 Å². The van der Waals surface area contributed by atoms with E-state index in [9.17, 15) is 14.6 Å². The highest BCUT2D eigenvalue weighted by Crippen LogP contribution is 2.45. The molecule has 2 aromatic heterocycles. The highest BCUT2D eigenvalue weighted by atomic mass is 19.1. The van der Waals surface area contributed by atoms with E-state index in [1.807, 2.05) is 72.8 Å². The van der Waals surface area contributed by atoms with Gasteiger partial charge in [-0.15, -0.1) is 0 Å². The Hall–Kier alpha value is -4.68. The summed E-state index contributed by atoms with van der Waals surface area (Å²) in [7, 11) is 0. The van der Waals surface area contributed by atoms with Crippen LogP contribution in [0, 0.1) is 5.82 Å². The molecule has 38 heavy (non-hydrogen) atoms. The van der Waals surface area contributed by atoms with Crippen LogP contribution in [0.5, 0.6) is 11.6 Å². The quantitative estimate of drug-likeness (QED) is 0.253. The van der Waals surface area contributed by atoms with Gasteiger partial charge in [0.2, 0.25) is 5.88 Å². The van der Waals surface area contributed by atoms with Gasteiger partial charge < -0.3 is 19.5 Å². The first-order valence-corrected chi connectivity index (χ1v) is 12.4. The average molecular weight is 505 g/mol. The van der Waals surface area contributed by atoms with Gasteiger partial charge in [-0.25, -0.2) is 4.39 Å². The summed E-state index contributed by atoms with van der Waals surface area (Å²) in [4.78, 5) is 4.63. The van der Waals surface area contributed by atoms with Crippen LogP contribution < -0.4 is 4.74 Å². The summed E-state index contributed by atoms with van der Waals surface area (Å²) in [5.74, 6) is 0.0985. The van der Waals surface area contributed by atoms with Gasteiger partial charge in [0.05, 0.1) is 18.5 Å². The van der Waals surface area contributed by atoms with Crippen molar-refractivity contribution in [2.75, 3.05) is 0 Å². The molecule has 0 saturated heterocycles. The van der Waals surface area contributed by atoms with Crippen LogP contribution in [0.1, 0.15) is 28.4 Å². The minimum atomic E-state index is -0.467. The lowest BCUT2D eigenvalue weighted by molar-refractivity contribution is 0.252. The van der Waals surface area contributed by atoms with Crippen LogP contribution in [0.25, 0.3) is 21.7 Å². The van der Waals surface area contributed by atoms with Gasteiger partial charge in [0.1, 0.15) is 17.4 Å². The Balaban J connectivity index is 1.58. The second-order valence-corrected chi connectivity index (χ2v) is 9.18. The molecular formula is C32H25FN2O3. The molecule has 6 rings (SSSR count). The van der Waals surface area contributed by atoms with Crippen molar-refractivity contribution < 1.29 is 19.3 Å². The van der Waals surface area contributed by atoms with Crippen molar-refractivity contribution in [3.8, 4) is 11.6 Å². The van der Waals surface area contributed by atoms with E-state index >= 15 is 0 Å². The van der Waals surface area contributed by atoms with E-state index in [-0.39, 0.29) is 18.3 Å². The number of hydrogen-bond acceptors (Lipinski definition) is 4. The summed E-state index contributed by atoms with van der Waals surface area (Å²) in [6.45, 7) is 0.0788. The van der Waals surface area contributed by atoms with Crippen LogP contribution in [0.2, 0.25) is 0 Å². The second kappa shape index (κ2) is 10.00. The number of rotatable bonds is 7. The lowest BCUT2D eigenvalue weighted by Gasteiger charge is -2.22. The normalized spacial score (nSPS) is 11.4. The summed E-state index contributed by atoms with van der Waals surface area (Å²) in [5, 5.41) is 23.8. The van der Waals surface area contributed by atoms with Crippen molar-refractivity contribution in [1.29, 1.82) is 0 Å². The van der Waals surface area contributed by atoms with Crippen LogP contribution in [-0.2, 0) is 13.2 Å². The second-order valence-electron chi connectivity index (χ2n) is 9.18. The molecule has 5 nitrogen and oxygen atoms in total. The molecule has 0 saturated carbocycles. The summed E-state index contributed by atoms with van der Waals surface area (Å²) < 4.78 is 22.0. The Morgan fingerprint density at radius 1 is 0.816 bits per heavy atom. The Kier molecular flexibility index (Phi) is 6.23. The summed E-state index contributed by atoms with van der Waals surface area (Å²) >= 11 is 0. The van der Waals surface area contributed by atoms with Crippen molar-refractivity contribution in [2.24, 2.45) is 0 Å². The van der Waals surface area contributed by atoms with E-state index in [1.165, 1.54) is 12.1 Å². The molecule has 0 radical (unpaired) electrons. The number of ether oxygens (including phenoxy) is 1. The van der Waals surface area contributed by atoms with Crippen LogP contribution in [0.4, 0.5) is 4.39 Å². The molecule has 2 N–H and O–H groups in total. The SMILES string of the molecule is OCc1c2cccnc2c(OC(c2ccccc2)c2ccccc2)c2c(O)n(Cc3ccc(F)cc3)cc12. The Morgan fingerprint density at radius 2 is 1.47 bits per heavy atom. The number of aromatic nitrogens is 2. The van der Waals surface area contributed by atoms with E-state index in [1.54, 1.807) is 29.1 Å². The third-order valence-electron chi connectivity index (χ3n) is 6.81. The number of hydrogen-bond donors (Lipinski definition) is 2. The topological polar surface area (TPSA) is 67.5 Å². The van der Waals surface area contributed by atoms with Crippen molar-refractivity contribution >= 4 is 21.7 Å². The van der Waals surface area contributed by atoms with Crippen LogP contribution in [0.3, 0.4) is 0 Å². The number of aromatic hydroxyl groups is 1. The number of nitrogens with zero attached hydrogens (tertiary/aromatic N) is 2. The molecule has 0 unspecified atom stereocenters. The first-order valence-electron chi connectivity index (χ1n) is 12.4. The zero-order chi connectivity index (χ0) is 26.1. The Labute approximate surface area is 219 Å². The van der Waals surface area contributed by atoms with Gasteiger partial charge in [0.15, 0.2) is 5.75 Å². The van der Waals surface area contributed by atoms with E-state index < -0.39 is 6.10 Å². The first-order chi connectivity index (χ1) is 18.6. The molecule has 4 aromatic carbocycles. The van der Waals surface area contributed by atoms with Crippen molar-refractivity contribution in [1.82, 2.24) is 9.55 Å². The monoisotopic (exact) mass is 504 g/mol. The summed E-state index contributed by atoms with van der Waals surface area (Å²) in [6.07, 6.45) is 3.01. The molecule has 0 aliphatic rings. The highest BCUT2D eigenvalue weighted by Gasteiger charge is 2.25.